The quantitative estimate of drug-likeness (QED) is 0.126. The number of nitrogens with one attached hydrogen (secondary N) is 3. The molecule has 0 spiro atoms. The second-order valence-corrected chi connectivity index (χ2v) is 10.6. The number of nitro groups is 2. The van der Waals surface area contributed by atoms with Gasteiger partial charge in [-0.2, -0.15) is 12.6 Å². The number of thiol groups is 1. The fourth-order valence-electron chi connectivity index (χ4n) is 5.32. The fraction of sp³-hybridized carbons (Fsp3) is 0.600. The number of carbonyl (C=O) groups excluding carboxylic acids is 3. The first-order valence-electron chi connectivity index (χ1n) is 13.4. The Hall–Kier alpha value is -3.95. The molecule has 3 rings (SSSR count). The molecule has 1 aromatic carbocycles. The summed E-state index contributed by atoms with van der Waals surface area (Å²) in [5.41, 5.74) is -0.874. The van der Waals surface area contributed by atoms with E-state index in [0.29, 0.717) is 25.8 Å². The SMILES string of the molecule is O=C(CNC(=O)[C@H](CC1CCCCC1)NC(=O)[C@@H]1CCCN1c1ccc([N+](=O)[O-])cc1[N+](=O)[O-])N[C@@H](CS)C(=O)O. The number of carbonyl (C=O) groups is 4. The first-order chi connectivity index (χ1) is 19.5. The van der Waals surface area contributed by atoms with Crippen molar-refractivity contribution in [3.05, 3.63) is 38.4 Å². The van der Waals surface area contributed by atoms with E-state index >= 15 is 0 Å². The highest BCUT2D eigenvalue weighted by atomic mass is 32.1. The van der Waals surface area contributed by atoms with Gasteiger partial charge >= 0.3 is 5.97 Å². The van der Waals surface area contributed by atoms with Crippen molar-refractivity contribution >= 4 is 53.4 Å². The summed E-state index contributed by atoms with van der Waals surface area (Å²) in [4.78, 5) is 72.9. The number of amides is 3. The Morgan fingerprint density at radius 2 is 1.71 bits per heavy atom. The van der Waals surface area contributed by atoms with E-state index in [1.54, 1.807) is 0 Å². The van der Waals surface area contributed by atoms with E-state index < -0.39 is 69.6 Å². The third kappa shape index (κ3) is 8.52. The van der Waals surface area contributed by atoms with Gasteiger partial charge in [-0.1, -0.05) is 32.1 Å². The van der Waals surface area contributed by atoms with Crippen molar-refractivity contribution in [2.75, 3.05) is 23.7 Å². The third-order valence-corrected chi connectivity index (χ3v) is 7.76. The zero-order chi connectivity index (χ0) is 30.1. The molecule has 0 radical (unpaired) electrons. The Morgan fingerprint density at radius 1 is 1.00 bits per heavy atom. The minimum Gasteiger partial charge on any atom is -0.480 e. The number of carboxylic acid groups (broad SMARTS) is 1. The summed E-state index contributed by atoms with van der Waals surface area (Å²) in [7, 11) is 0. The van der Waals surface area contributed by atoms with Crippen molar-refractivity contribution in [1.82, 2.24) is 16.0 Å². The first-order valence-corrected chi connectivity index (χ1v) is 14.1. The summed E-state index contributed by atoms with van der Waals surface area (Å²) in [6.07, 6.45) is 6.05. The smallest absolute Gasteiger partial charge is 0.327 e. The normalized spacial score (nSPS) is 18.7. The number of aliphatic carboxylic acids is 1. The molecule has 1 saturated carbocycles. The summed E-state index contributed by atoms with van der Waals surface area (Å²) in [5.74, 6) is -3.10. The molecule has 1 aliphatic heterocycles. The van der Waals surface area contributed by atoms with Crippen LogP contribution in [0.5, 0.6) is 0 Å². The van der Waals surface area contributed by atoms with Crippen LogP contribution < -0.4 is 20.9 Å². The standard InChI is InChI=1S/C25H34N6O9S/c32-22(27-18(14-41)25(35)36)13-26-23(33)17(11-15-5-2-1-3-6-15)28-24(34)20-7-4-10-29(20)19-9-8-16(30(37)38)12-21(19)31(39)40/h8-9,12,15,17-18,20,41H,1-7,10-11,13-14H2,(H,26,33)(H,27,32)(H,28,34)(H,35,36)/t17-,18-,20-/m0/s1. The number of nitro benzene ring substituents is 2. The molecule has 3 amide bonds. The van der Waals surface area contributed by atoms with Gasteiger partial charge in [-0.15, -0.1) is 0 Å². The summed E-state index contributed by atoms with van der Waals surface area (Å²) >= 11 is 3.89. The van der Waals surface area contributed by atoms with Crippen LogP contribution in [0.15, 0.2) is 18.2 Å². The van der Waals surface area contributed by atoms with Crippen LogP contribution >= 0.6 is 12.6 Å². The van der Waals surface area contributed by atoms with E-state index in [4.69, 9.17) is 5.11 Å². The highest BCUT2D eigenvalue weighted by Crippen LogP contribution is 2.36. The van der Waals surface area contributed by atoms with E-state index in [1.165, 1.54) is 11.0 Å². The lowest BCUT2D eigenvalue weighted by Crippen LogP contribution is -2.54. The Labute approximate surface area is 241 Å². The number of rotatable bonds is 13. The second kappa shape index (κ2) is 14.6. The van der Waals surface area contributed by atoms with Crippen molar-refractivity contribution in [3.63, 3.8) is 0 Å². The molecule has 15 nitrogen and oxygen atoms in total. The van der Waals surface area contributed by atoms with Gasteiger partial charge in [-0.25, -0.2) is 4.79 Å². The lowest BCUT2D eigenvalue weighted by molar-refractivity contribution is -0.393. The number of carboxylic acids is 1. The highest BCUT2D eigenvalue weighted by molar-refractivity contribution is 7.80. The Balaban J connectivity index is 1.75. The molecular weight excluding hydrogens is 560 g/mol. The first kappa shape index (κ1) is 31.6. The van der Waals surface area contributed by atoms with Crippen molar-refractivity contribution in [2.24, 2.45) is 5.92 Å². The minimum absolute atomic E-state index is 0.0698. The molecule has 16 heteroatoms. The maximum absolute atomic E-state index is 13.5. The molecule has 3 atom stereocenters. The van der Waals surface area contributed by atoms with Crippen LogP contribution in [0.4, 0.5) is 17.1 Å². The van der Waals surface area contributed by atoms with Crippen molar-refractivity contribution in [2.45, 2.75) is 69.5 Å². The number of nitrogens with zero attached hydrogens (tertiary/aromatic N) is 3. The maximum Gasteiger partial charge on any atom is 0.327 e. The number of hydrogen-bond donors (Lipinski definition) is 5. The molecule has 1 heterocycles. The van der Waals surface area contributed by atoms with Crippen LogP contribution in [-0.4, -0.2) is 75.6 Å². The molecule has 0 unspecified atom stereocenters. The van der Waals surface area contributed by atoms with E-state index in [0.717, 1.165) is 44.2 Å². The van der Waals surface area contributed by atoms with Crippen molar-refractivity contribution in [1.29, 1.82) is 0 Å². The predicted octanol–water partition coefficient (Wildman–Crippen LogP) is 1.54. The van der Waals surface area contributed by atoms with Gasteiger partial charge in [0.2, 0.25) is 17.7 Å². The van der Waals surface area contributed by atoms with Gasteiger partial charge in [0.05, 0.1) is 22.5 Å². The monoisotopic (exact) mass is 594 g/mol. The Bertz CT molecular complexity index is 1180. The van der Waals surface area contributed by atoms with Crippen LogP contribution in [0.2, 0.25) is 0 Å². The average Bonchev–Trinajstić information content (AvgIpc) is 3.44. The zero-order valence-corrected chi connectivity index (χ0v) is 23.2. The van der Waals surface area contributed by atoms with Crippen molar-refractivity contribution < 1.29 is 34.1 Å². The largest absolute Gasteiger partial charge is 0.480 e. The highest BCUT2D eigenvalue weighted by Gasteiger charge is 2.37. The van der Waals surface area contributed by atoms with Crippen molar-refractivity contribution in [3.8, 4) is 0 Å². The van der Waals surface area contributed by atoms with E-state index in [2.05, 4.69) is 28.6 Å². The molecule has 2 fully saturated rings. The molecule has 2 aliphatic rings. The van der Waals surface area contributed by atoms with E-state index in [9.17, 15) is 39.4 Å². The molecule has 224 valence electrons. The van der Waals surface area contributed by atoms with Crippen LogP contribution in [0.3, 0.4) is 0 Å². The predicted molar refractivity (Wildman–Crippen MR) is 150 cm³/mol. The van der Waals surface area contributed by atoms with Gasteiger partial charge in [0.25, 0.3) is 11.4 Å². The number of hydrogen-bond acceptors (Lipinski definition) is 10. The van der Waals surface area contributed by atoms with Crippen LogP contribution in [-0.2, 0) is 19.2 Å². The molecule has 0 aromatic heterocycles. The van der Waals surface area contributed by atoms with Gasteiger partial charge in [0.15, 0.2) is 0 Å². The minimum atomic E-state index is -1.27. The third-order valence-electron chi connectivity index (χ3n) is 7.40. The Morgan fingerprint density at radius 3 is 2.32 bits per heavy atom. The summed E-state index contributed by atoms with van der Waals surface area (Å²) in [6.45, 7) is -0.204. The summed E-state index contributed by atoms with van der Waals surface area (Å²) < 4.78 is 0. The number of non-ortho nitro benzene ring substituents is 1. The van der Waals surface area contributed by atoms with Crippen LogP contribution in [0.1, 0.15) is 51.4 Å². The fourth-order valence-corrected chi connectivity index (χ4v) is 5.57. The summed E-state index contributed by atoms with van der Waals surface area (Å²) in [5, 5.41) is 39.4. The molecule has 4 N–H and O–H groups in total. The second-order valence-electron chi connectivity index (χ2n) is 10.2. The average molecular weight is 595 g/mol. The molecule has 1 saturated heterocycles. The molecule has 41 heavy (non-hydrogen) atoms. The molecule has 0 bridgehead atoms. The number of benzene rings is 1. The van der Waals surface area contributed by atoms with Gasteiger partial charge in [0, 0.05) is 18.4 Å². The van der Waals surface area contributed by atoms with Crippen LogP contribution in [0.25, 0.3) is 0 Å². The van der Waals surface area contributed by atoms with E-state index in [-0.39, 0.29) is 17.4 Å². The topological polar surface area (TPSA) is 214 Å². The summed E-state index contributed by atoms with van der Waals surface area (Å²) in [6, 6.07) is 0.178. The number of anilines is 1. The maximum atomic E-state index is 13.5. The molecular formula is C25H34N6O9S. The lowest BCUT2D eigenvalue weighted by atomic mass is 9.84. The van der Waals surface area contributed by atoms with Gasteiger partial charge in [-0.05, 0) is 31.2 Å². The van der Waals surface area contributed by atoms with Gasteiger partial charge in [0.1, 0.15) is 23.8 Å². The zero-order valence-electron chi connectivity index (χ0n) is 22.3. The Kier molecular flexibility index (Phi) is 11.3. The van der Waals surface area contributed by atoms with E-state index in [1.807, 2.05) is 0 Å². The lowest BCUT2D eigenvalue weighted by Gasteiger charge is -2.30. The van der Waals surface area contributed by atoms with Gasteiger partial charge < -0.3 is 26.0 Å². The van der Waals surface area contributed by atoms with Crippen LogP contribution in [0, 0.1) is 26.1 Å². The molecule has 1 aliphatic carbocycles. The molecule has 1 aromatic rings. The van der Waals surface area contributed by atoms with Gasteiger partial charge in [-0.3, -0.25) is 34.6 Å².